The van der Waals surface area contributed by atoms with Crippen LogP contribution in [0.25, 0.3) is 0 Å². The summed E-state index contributed by atoms with van der Waals surface area (Å²) in [4.78, 5) is 4.63. The van der Waals surface area contributed by atoms with Crippen molar-refractivity contribution < 1.29 is 4.74 Å². The largest absolute Gasteiger partial charge is 0.377 e. The summed E-state index contributed by atoms with van der Waals surface area (Å²) in [6, 6.07) is 8.43. The number of guanidine groups is 1. The van der Waals surface area contributed by atoms with E-state index >= 15 is 0 Å². The first-order chi connectivity index (χ1) is 11.4. The average Bonchev–Trinajstić information content (AvgIpc) is 3.00. The Morgan fingerprint density at radius 2 is 2.12 bits per heavy atom. The number of nitrogens with one attached hydrogen (secondary N) is 2. The Bertz CT molecular complexity index is 622. The van der Waals surface area contributed by atoms with Crippen LogP contribution in [0.5, 0.6) is 0 Å². The van der Waals surface area contributed by atoms with Crippen LogP contribution in [0, 0.1) is 11.3 Å². The van der Waals surface area contributed by atoms with Crippen LogP contribution in [0.2, 0.25) is 5.02 Å². The first-order valence-corrected chi connectivity index (χ1v) is 9.26. The third-order valence-corrected chi connectivity index (χ3v) is 5.78. The van der Waals surface area contributed by atoms with E-state index < -0.39 is 0 Å². The van der Waals surface area contributed by atoms with Crippen molar-refractivity contribution in [2.24, 2.45) is 16.3 Å². The van der Waals surface area contributed by atoms with Crippen LogP contribution in [-0.2, 0) is 4.74 Å². The first kappa shape index (κ1) is 20.8. The number of halogens is 2. The minimum absolute atomic E-state index is 0. The zero-order chi connectivity index (χ0) is 17.3. The molecule has 1 saturated heterocycles. The molecule has 2 aliphatic rings. The van der Waals surface area contributed by atoms with Crippen LogP contribution in [0.15, 0.2) is 29.3 Å². The summed E-state index contributed by atoms with van der Waals surface area (Å²) in [5.74, 6) is 1.44. The normalized spacial score (nSPS) is 28.4. The molecule has 2 fully saturated rings. The van der Waals surface area contributed by atoms with Gasteiger partial charge < -0.3 is 15.4 Å². The molecule has 6 heteroatoms. The van der Waals surface area contributed by atoms with Gasteiger partial charge in [0, 0.05) is 35.5 Å². The van der Waals surface area contributed by atoms with Gasteiger partial charge in [-0.2, -0.15) is 0 Å². The molecule has 0 bridgehead atoms. The predicted molar refractivity (Wildman–Crippen MR) is 115 cm³/mol. The smallest absolute Gasteiger partial charge is 0.191 e. The van der Waals surface area contributed by atoms with Crippen molar-refractivity contribution in [3.8, 4) is 0 Å². The summed E-state index contributed by atoms with van der Waals surface area (Å²) in [7, 11) is 0. The van der Waals surface area contributed by atoms with Crippen LogP contribution in [0.4, 0.5) is 0 Å². The predicted octanol–water partition coefficient (Wildman–Crippen LogP) is 4.39. The van der Waals surface area contributed by atoms with Gasteiger partial charge in [0.1, 0.15) is 0 Å². The Morgan fingerprint density at radius 1 is 1.40 bits per heavy atom. The van der Waals surface area contributed by atoms with Crippen molar-refractivity contribution in [1.29, 1.82) is 0 Å². The van der Waals surface area contributed by atoms with Crippen LogP contribution < -0.4 is 10.6 Å². The van der Waals surface area contributed by atoms with E-state index in [0.29, 0.717) is 18.1 Å². The minimum atomic E-state index is 0. The van der Waals surface area contributed by atoms with Crippen molar-refractivity contribution in [2.75, 3.05) is 13.2 Å². The Morgan fingerprint density at radius 3 is 2.80 bits per heavy atom. The number of ether oxygens (including phenoxy) is 1. The molecule has 1 aliphatic carbocycles. The standard InChI is InChI=1S/C19H28ClN3O.HI/c1-5-21-18(22-12(2)13-8-6-7-9-15(13)20)23-16-14-10-11-24-17(14)19(16,3)4;/h6-9,12,14,16-17H,5,10-11H2,1-4H3,(H2,21,22,23);1H. The summed E-state index contributed by atoms with van der Waals surface area (Å²) in [5.41, 5.74) is 1.21. The lowest BCUT2D eigenvalue weighted by Gasteiger charge is -2.55. The fourth-order valence-electron chi connectivity index (χ4n) is 4.16. The van der Waals surface area contributed by atoms with Crippen molar-refractivity contribution in [3.63, 3.8) is 0 Å². The van der Waals surface area contributed by atoms with Crippen molar-refractivity contribution >= 4 is 41.5 Å². The summed E-state index contributed by atoms with van der Waals surface area (Å²) in [5, 5.41) is 7.94. The molecule has 1 heterocycles. The number of hydrogen-bond acceptors (Lipinski definition) is 2. The van der Waals surface area contributed by atoms with Gasteiger partial charge in [-0.1, -0.05) is 43.6 Å². The maximum absolute atomic E-state index is 6.33. The Hall–Kier alpha value is -0.530. The van der Waals surface area contributed by atoms with Gasteiger partial charge in [-0.05, 0) is 31.9 Å². The molecule has 1 aliphatic heterocycles. The lowest BCUT2D eigenvalue weighted by Crippen LogP contribution is -2.68. The van der Waals surface area contributed by atoms with E-state index in [2.05, 4.69) is 49.4 Å². The second-order valence-electron chi connectivity index (χ2n) is 7.40. The van der Waals surface area contributed by atoms with E-state index in [-0.39, 0.29) is 35.4 Å². The Kier molecular flexibility index (Phi) is 7.01. The van der Waals surface area contributed by atoms with Gasteiger partial charge in [0.05, 0.1) is 12.1 Å². The van der Waals surface area contributed by atoms with E-state index in [1.807, 2.05) is 18.2 Å². The van der Waals surface area contributed by atoms with Gasteiger partial charge >= 0.3 is 0 Å². The average molecular weight is 478 g/mol. The van der Waals surface area contributed by atoms with Crippen molar-refractivity contribution in [2.45, 2.75) is 52.3 Å². The molecule has 0 radical (unpaired) electrons. The summed E-state index contributed by atoms with van der Waals surface area (Å²) in [6.07, 6.45) is 1.50. The molecule has 4 atom stereocenters. The SMILES string of the molecule is CCN=C(NC(C)c1ccccc1Cl)NC1C2CCOC2C1(C)C.I. The highest BCUT2D eigenvalue weighted by Gasteiger charge is 2.59. The van der Waals surface area contributed by atoms with E-state index in [9.17, 15) is 0 Å². The molecule has 3 rings (SSSR count). The van der Waals surface area contributed by atoms with E-state index in [1.165, 1.54) is 0 Å². The van der Waals surface area contributed by atoms with E-state index in [1.54, 1.807) is 0 Å². The molecule has 1 aromatic rings. The highest BCUT2D eigenvalue weighted by Crippen LogP contribution is 2.52. The number of aliphatic imine (C=N–C) groups is 1. The molecule has 2 N–H and O–H groups in total. The first-order valence-electron chi connectivity index (χ1n) is 8.88. The van der Waals surface area contributed by atoms with Crippen LogP contribution in [-0.4, -0.2) is 31.3 Å². The molecule has 1 saturated carbocycles. The van der Waals surface area contributed by atoms with Crippen molar-refractivity contribution in [1.82, 2.24) is 10.6 Å². The zero-order valence-electron chi connectivity index (χ0n) is 15.4. The van der Waals surface area contributed by atoms with Crippen LogP contribution >= 0.6 is 35.6 Å². The number of benzene rings is 1. The maximum atomic E-state index is 6.33. The molecule has 0 amide bonds. The van der Waals surface area contributed by atoms with Crippen LogP contribution in [0.3, 0.4) is 0 Å². The zero-order valence-corrected chi connectivity index (χ0v) is 18.5. The van der Waals surface area contributed by atoms with Gasteiger partial charge in [-0.25, -0.2) is 0 Å². The second-order valence-corrected chi connectivity index (χ2v) is 7.80. The molecule has 1 aromatic carbocycles. The van der Waals surface area contributed by atoms with E-state index in [4.69, 9.17) is 16.3 Å². The topological polar surface area (TPSA) is 45.7 Å². The molecule has 4 nitrogen and oxygen atoms in total. The lowest BCUT2D eigenvalue weighted by molar-refractivity contribution is -0.106. The van der Waals surface area contributed by atoms with Gasteiger partial charge in [-0.3, -0.25) is 4.99 Å². The van der Waals surface area contributed by atoms with Crippen molar-refractivity contribution in [3.05, 3.63) is 34.9 Å². The minimum Gasteiger partial charge on any atom is -0.377 e. The molecule has 0 aromatic heterocycles. The molecule has 140 valence electrons. The number of hydrogen-bond donors (Lipinski definition) is 2. The summed E-state index contributed by atoms with van der Waals surface area (Å²) >= 11 is 6.33. The number of rotatable bonds is 4. The van der Waals surface area contributed by atoms with Gasteiger partial charge in [-0.15, -0.1) is 24.0 Å². The van der Waals surface area contributed by atoms with E-state index in [0.717, 1.165) is 36.1 Å². The van der Waals surface area contributed by atoms with Gasteiger partial charge in [0.15, 0.2) is 5.96 Å². The molecular formula is C19H29ClIN3O. The van der Waals surface area contributed by atoms with Gasteiger partial charge in [0.25, 0.3) is 0 Å². The van der Waals surface area contributed by atoms with Crippen LogP contribution in [0.1, 0.15) is 45.7 Å². The Labute approximate surface area is 173 Å². The molecule has 4 unspecified atom stereocenters. The number of fused-ring (bicyclic) bond motifs is 1. The second kappa shape index (κ2) is 8.44. The highest BCUT2D eigenvalue weighted by atomic mass is 127. The van der Waals surface area contributed by atoms with Gasteiger partial charge in [0.2, 0.25) is 0 Å². The fraction of sp³-hybridized carbons (Fsp3) is 0.632. The highest BCUT2D eigenvalue weighted by molar-refractivity contribution is 14.0. The molecular weight excluding hydrogens is 449 g/mol. The molecule has 0 spiro atoms. The quantitative estimate of drug-likeness (QED) is 0.384. The number of nitrogens with zero attached hydrogens (tertiary/aromatic N) is 1. The Balaban J connectivity index is 0.00000225. The summed E-state index contributed by atoms with van der Waals surface area (Å²) in [6.45, 7) is 10.3. The lowest BCUT2D eigenvalue weighted by atomic mass is 9.57. The third-order valence-electron chi connectivity index (χ3n) is 5.43. The summed E-state index contributed by atoms with van der Waals surface area (Å²) < 4.78 is 5.89. The fourth-order valence-corrected chi connectivity index (χ4v) is 4.46. The molecule has 25 heavy (non-hydrogen) atoms. The monoisotopic (exact) mass is 477 g/mol. The third kappa shape index (κ3) is 4.08. The maximum Gasteiger partial charge on any atom is 0.191 e.